The van der Waals surface area contributed by atoms with Gasteiger partial charge in [-0.2, -0.15) is 0 Å². The monoisotopic (exact) mass is 289 g/mol. The molecule has 94 valence electrons. The fourth-order valence-corrected chi connectivity index (χ4v) is 3.08. The first-order valence-corrected chi connectivity index (χ1v) is 7.16. The van der Waals surface area contributed by atoms with Crippen LogP contribution in [0.2, 0.25) is 0 Å². The molecule has 0 aromatic rings. The van der Waals surface area contributed by atoms with E-state index in [2.05, 4.69) is 57.5 Å². The quantitative estimate of drug-likeness (QED) is 0.727. The summed E-state index contributed by atoms with van der Waals surface area (Å²) >= 11 is 3.42. The molecule has 1 aliphatic carbocycles. The molecular formula is C13H24BrNO. The van der Waals surface area contributed by atoms with Gasteiger partial charge in [0.15, 0.2) is 0 Å². The van der Waals surface area contributed by atoms with Crippen LogP contribution >= 0.6 is 15.9 Å². The number of amides is 1. The van der Waals surface area contributed by atoms with Crippen molar-refractivity contribution >= 4 is 21.8 Å². The Morgan fingerprint density at radius 3 is 1.94 bits per heavy atom. The molecule has 0 aromatic heterocycles. The predicted octanol–water partition coefficient (Wildman–Crippen LogP) is 3.30. The third kappa shape index (κ3) is 2.03. The molecule has 0 unspecified atom stereocenters. The molecule has 1 fully saturated rings. The summed E-state index contributed by atoms with van der Waals surface area (Å²) in [5.74, 6) is 0.505. The lowest BCUT2D eigenvalue weighted by molar-refractivity contribution is -0.135. The fraction of sp³-hybridized carbons (Fsp3) is 0.923. The molecule has 16 heavy (non-hydrogen) atoms. The molecule has 1 aliphatic rings. The Morgan fingerprint density at radius 2 is 1.69 bits per heavy atom. The number of rotatable bonds is 4. The van der Waals surface area contributed by atoms with Gasteiger partial charge in [0.25, 0.3) is 0 Å². The summed E-state index contributed by atoms with van der Waals surface area (Å²) < 4.78 is 0. The summed E-state index contributed by atoms with van der Waals surface area (Å²) in [6, 6.07) is 0.289. The number of hydrogen-bond donors (Lipinski definition) is 0. The van der Waals surface area contributed by atoms with Crippen molar-refractivity contribution in [2.45, 2.75) is 47.6 Å². The van der Waals surface area contributed by atoms with Crippen molar-refractivity contribution in [3.05, 3.63) is 0 Å². The molecule has 3 heteroatoms. The second-order valence-electron chi connectivity index (χ2n) is 6.19. The Labute approximate surface area is 108 Å². The zero-order chi connectivity index (χ0) is 12.7. The molecule has 0 radical (unpaired) electrons. The molecular weight excluding hydrogens is 266 g/mol. The van der Waals surface area contributed by atoms with Gasteiger partial charge in [0.05, 0.1) is 0 Å². The maximum Gasteiger partial charge on any atom is 0.227 e. The Balaban J connectivity index is 2.79. The van der Waals surface area contributed by atoms with Crippen LogP contribution in [-0.2, 0) is 4.79 Å². The largest absolute Gasteiger partial charge is 0.339 e. The van der Waals surface area contributed by atoms with Crippen LogP contribution in [0.1, 0.15) is 41.5 Å². The van der Waals surface area contributed by atoms with E-state index in [1.807, 2.05) is 4.90 Å². The van der Waals surface area contributed by atoms with Crippen molar-refractivity contribution in [2.24, 2.45) is 16.7 Å². The number of hydrogen-bond acceptors (Lipinski definition) is 1. The van der Waals surface area contributed by atoms with E-state index < -0.39 is 0 Å². The van der Waals surface area contributed by atoms with Gasteiger partial charge in [-0.05, 0) is 24.7 Å². The molecule has 0 aliphatic heterocycles. The van der Waals surface area contributed by atoms with E-state index in [0.29, 0.717) is 5.91 Å². The first kappa shape index (κ1) is 14.0. The lowest BCUT2D eigenvalue weighted by atomic mass is 10.0. The first-order chi connectivity index (χ1) is 7.17. The lowest BCUT2D eigenvalue weighted by Crippen LogP contribution is -2.40. The maximum absolute atomic E-state index is 12.5. The third-order valence-electron chi connectivity index (χ3n) is 4.50. The Hall–Kier alpha value is -0.0500. The number of carbonyl (C=O) groups is 1. The normalized spacial score (nSPS) is 22.2. The highest BCUT2D eigenvalue weighted by molar-refractivity contribution is 9.09. The van der Waals surface area contributed by atoms with Gasteiger partial charge in [-0.15, -0.1) is 0 Å². The summed E-state index contributed by atoms with van der Waals surface area (Å²) in [6.45, 7) is 13.8. The van der Waals surface area contributed by atoms with Crippen LogP contribution in [0.4, 0.5) is 0 Å². The molecule has 0 bridgehead atoms. The van der Waals surface area contributed by atoms with Crippen molar-refractivity contribution in [3.8, 4) is 0 Å². The zero-order valence-electron chi connectivity index (χ0n) is 11.3. The summed E-state index contributed by atoms with van der Waals surface area (Å²) in [5, 5.41) is 0.852. The molecule has 1 amide bonds. The molecule has 0 N–H and O–H groups in total. The standard InChI is InChI=1S/C13H24BrNO/c1-9(2)15(8-7-14)11(16)10-12(3,4)13(10,5)6/h9-10H,7-8H2,1-6H3. The van der Waals surface area contributed by atoms with E-state index in [9.17, 15) is 4.79 Å². The molecule has 0 saturated heterocycles. The second-order valence-corrected chi connectivity index (χ2v) is 6.98. The fourth-order valence-electron chi connectivity index (χ4n) is 2.69. The number of halogens is 1. The van der Waals surface area contributed by atoms with Gasteiger partial charge in [-0.3, -0.25) is 4.79 Å². The van der Waals surface area contributed by atoms with Crippen molar-refractivity contribution in [2.75, 3.05) is 11.9 Å². The van der Waals surface area contributed by atoms with Crippen LogP contribution in [0.15, 0.2) is 0 Å². The Morgan fingerprint density at radius 1 is 1.25 bits per heavy atom. The van der Waals surface area contributed by atoms with Gasteiger partial charge in [-0.25, -0.2) is 0 Å². The molecule has 0 aromatic carbocycles. The van der Waals surface area contributed by atoms with E-state index in [0.717, 1.165) is 11.9 Å². The van der Waals surface area contributed by atoms with Gasteiger partial charge in [-0.1, -0.05) is 43.6 Å². The Bertz CT molecular complexity index is 270. The van der Waals surface area contributed by atoms with Crippen LogP contribution in [0.5, 0.6) is 0 Å². The molecule has 0 atom stereocenters. The van der Waals surface area contributed by atoms with Crippen LogP contribution in [0, 0.1) is 16.7 Å². The zero-order valence-corrected chi connectivity index (χ0v) is 12.9. The molecule has 0 heterocycles. The van der Waals surface area contributed by atoms with Gasteiger partial charge in [0, 0.05) is 23.8 Å². The van der Waals surface area contributed by atoms with Gasteiger partial charge >= 0.3 is 0 Å². The minimum atomic E-state index is 0.142. The van der Waals surface area contributed by atoms with Crippen LogP contribution in [0.25, 0.3) is 0 Å². The molecule has 1 saturated carbocycles. The highest BCUT2D eigenvalue weighted by atomic mass is 79.9. The van der Waals surface area contributed by atoms with Crippen LogP contribution in [0.3, 0.4) is 0 Å². The minimum absolute atomic E-state index is 0.142. The van der Waals surface area contributed by atoms with E-state index in [-0.39, 0.29) is 22.8 Å². The van der Waals surface area contributed by atoms with E-state index >= 15 is 0 Å². The van der Waals surface area contributed by atoms with Gasteiger partial charge in [0.2, 0.25) is 5.91 Å². The van der Waals surface area contributed by atoms with E-state index in [1.54, 1.807) is 0 Å². The lowest BCUT2D eigenvalue weighted by Gasteiger charge is -2.27. The minimum Gasteiger partial charge on any atom is -0.339 e. The summed E-state index contributed by atoms with van der Waals surface area (Å²) in [5.41, 5.74) is 0.285. The van der Waals surface area contributed by atoms with Crippen LogP contribution < -0.4 is 0 Å². The SMILES string of the molecule is CC(C)N(CCBr)C(=O)C1C(C)(C)C1(C)C. The predicted molar refractivity (Wildman–Crippen MR) is 71.7 cm³/mol. The average Bonchev–Trinajstić information content (AvgIpc) is 2.52. The smallest absolute Gasteiger partial charge is 0.227 e. The number of carbonyl (C=O) groups excluding carboxylic acids is 1. The summed E-state index contributed by atoms with van der Waals surface area (Å²) in [6.07, 6.45) is 0. The van der Waals surface area contributed by atoms with Crippen molar-refractivity contribution in [1.29, 1.82) is 0 Å². The summed E-state index contributed by atoms with van der Waals surface area (Å²) in [7, 11) is 0. The second kappa shape index (κ2) is 4.32. The van der Waals surface area contributed by atoms with E-state index in [1.165, 1.54) is 0 Å². The third-order valence-corrected chi connectivity index (χ3v) is 4.85. The average molecular weight is 290 g/mol. The molecule has 0 spiro atoms. The maximum atomic E-state index is 12.5. The van der Waals surface area contributed by atoms with Crippen LogP contribution in [-0.4, -0.2) is 28.7 Å². The van der Waals surface area contributed by atoms with Gasteiger partial charge < -0.3 is 4.90 Å². The number of alkyl halides is 1. The van der Waals surface area contributed by atoms with Crippen molar-refractivity contribution in [1.82, 2.24) is 4.90 Å². The Kier molecular flexibility index (Phi) is 3.78. The summed E-state index contributed by atoms with van der Waals surface area (Å²) in [4.78, 5) is 14.5. The van der Waals surface area contributed by atoms with Crippen molar-refractivity contribution in [3.63, 3.8) is 0 Å². The highest BCUT2D eigenvalue weighted by Gasteiger charge is 2.68. The highest BCUT2D eigenvalue weighted by Crippen LogP contribution is 2.68. The first-order valence-electron chi connectivity index (χ1n) is 6.04. The van der Waals surface area contributed by atoms with Gasteiger partial charge in [0.1, 0.15) is 0 Å². The molecule has 1 rings (SSSR count). The van der Waals surface area contributed by atoms with Crippen molar-refractivity contribution < 1.29 is 4.79 Å². The van der Waals surface area contributed by atoms with E-state index in [4.69, 9.17) is 0 Å². The number of nitrogens with zero attached hydrogens (tertiary/aromatic N) is 1. The molecule has 2 nitrogen and oxygen atoms in total. The topological polar surface area (TPSA) is 20.3 Å².